The topological polar surface area (TPSA) is 46.2 Å². The Hall–Kier alpha value is -0.923. The van der Waals surface area contributed by atoms with E-state index < -0.39 is 14.1 Å². The summed E-state index contributed by atoms with van der Waals surface area (Å²) in [5.74, 6) is 0.217. The van der Waals surface area contributed by atoms with Gasteiger partial charge in [-0.2, -0.15) is 0 Å². The first-order valence-corrected chi connectivity index (χ1v) is 12.6. The minimum Gasteiger partial charge on any atom is -0.497 e. The van der Waals surface area contributed by atoms with E-state index in [2.05, 4.69) is 33.9 Å². The Morgan fingerprint density at radius 3 is 2.19 bits per heavy atom. The summed E-state index contributed by atoms with van der Waals surface area (Å²) in [5, 5.41) is 0.159. The SMILES string of the molecule is COc1ccc([C@@H]2O[C@H](CO[Si](C)(C)C(C)(C)C)[C@H]3OC(C)(C)O[C@H]32)cc1. The van der Waals surface area contributed by atoms with Gasteiger partial charge in [-0.05, 0) is 49.7 Å². The highest BCUT2D eigenvalue weighted by molar-refractivity contribution is 6.74. The van der Waals surface area contributed by atoms with Gasteiger partial charge in [0.15, 0.2) is 14.1 Å². The molecule has 1 aromatic rings. The fourth-order valence-corrected chi connectivity index (χ4v) is 4.40. The monoisotopic (exact) mass is 394 g/mol. The molecule has 0 aliphatic carbocycles. The van der Waals surface area contributed by atoms with Crippen LogP contribution >= 0.6 is 0 Å². The van der Waals surface area contributed by atoms with Gasteiger partial charge in [0.1, 0.15) is 30.2 Å². The first-order valence-electron chi connectivity index (χ1n) is 9.72. The zero-order valence-electron chi connectivity index (χ0n) is 17.9. The van der Waals surface area contributed by atoms with Gasteiger partial charge in [0.2, 0.25) is 0 Å². The summed E-state index contributed by atoms with van der Waals surface area (Å²) < 4.78 is 30.5. The van der Waals surface area contributed by atoms with Crippen LogP contribution in [0.4, 0.5) is 0 Å². The van der Waals surface area contributed by atoms with Crippen molar-refractivity contribution in [1.29, 1.82) is 0 Å². The molecule has 2 aliphatic rings. The van der Waals surface area contributed by atoms with E-state index in [1.807, 2.05) is 38.1 Å². The van der Waals surface area contributed by atoms with Gasteiger partial charge in [0.05, 0.1) is 13.7 Å². The molecule has 0 saturated carbocycles. The normalized spacial score (nSPS) is 30.4. The van der Waals surface area contributed by atoms with E-state index in [9.17, 15) is 0 Å². The van der Waals surface area contributed by atoms with E-state index in [1.54, 1.807) is 7.11 Å². The molecule has 6 heteroatoms. The highest BCUT2D eigenvalue weighted by Crippen LogP contribution is 2.46. The quantitative estimate of drug-likeness (QED) is 0.679. The number of hydrogen-bond acceptors (Lipinski definition) is 5. The van der Waals surface area contributed by atoms with Crippen molar-refractivity contribution >= 4 is 8.32 Å². The van der Waals surface area contributed by atoms with Gasteiger partial charge in [-0.15, -0.1) is 0 Å². The highest BCUT2D eigenvalue weighted by atomic mass is 28.4. The molecule has 0 aromatic heterocycles. The maximum atomic E-state index is 6.43. The lowest BCUT2D eigenvalue weighted by molar-refractivity contribution is -0.190. The molecule has 0 spiro atoms. The van der Waals surface area contributed by atoms with Gasteiger partial charge in [-0.25, -0.2) is 0 Å². The van der Waals surface area contributed by atoms with E-state index in [0.29, 0.717) is 6.61 Å². The lowest BCUT2D eigenvalue weighted by Crippen LogP contribution is -2.44. The fraction of sp³-hybridized carbons (Fsp3) is 0.714. The van der Waals surface area contributed by atoms with E-state index in [-0.39, 0.29) is 29.5 Å². The maximum Gasteiger partial charge on any atom is 0.192 e. The number of fused-ring (bicyclic) bond motifs is 1. The molecular formula is C21H34O5Si. The van der Waals surface area contributed by atoms with Crippen LogP contribution in [0.15, 0.2) is 24.3 Å². The summed E-state index contributed by atoms with van der Waals surface area (Å²) in [5.41, 5.74) is 1.07. The van der Waals surface area contributed by atoms with Gasteiger partial charge in [0, 0.05) is 0 Å². The van der Waals surface area contributed by atoms with Gasteiger partial charge in [-0.3, -0.25) is 0 Å². The van der Waals surface area contributed by atoms with Crippen LogP contribution in [0.25, 0.3) is 0 Å². The lowest BCUT2D eigenvalue weighted by Gasteiger charge is -2.37. The summed E-state index contributed by atoms with van der Waals surface area (Å²) in [7, 11) is -0.190. The Balaban J connectivity index is 1.77. The summed E-state index contributed by atoms with van der Waals surface area (Å²) in [6.45, 7) is 15.7. The molecule has 5 nitrogen and oxygen atoms in total. The molecule has 152 valence electrons. The molecule has 1 aromatic carbocycles. The lowest BCUT2D eigenvalue weighted by atomic mass is 10.0. The first kappa shape index (κ1) is 20.8. The molecule has 0 unspecified atom stereocenters. The van der Waals surface area contributed by atoms with Crippen LogP contribution in [-0.4, -0.2) is 46.1 Å². The van der Waals surface area contributed by atoms with Crippen molar-refractivity contribution in [2.45, 2.75) is 83.0 Å². The molecule has 0 N–H and O–H groups in total. The van der Waals surface area contributed by atoms with Gasteiger partial charge < -0.3 is 23.4 Å². The molecule has 0 bridgehead atoms. The van der Waals surface area contributed by atoms with Crippen LogP contribution in [0.5, 0.6) is 5.75 Å². The third-order valence-electron chi connectivity index (χ3n) is 6.01. The first-order chi connectivity index (χ1) is 12.4. The number of ether oxygens (including phenoxy) is 4. The number of benzene rings is 1. The van der Waals surface area contributed by atoms with Gasteiger partial charge >= 0.3 is 0 Å². The van der Waals surface area contributed by atoms with Crippen molar-refractivity contribution in [2.24, 2.45) is 0 Å². The van der Waals surface area contributed by atoms with Gasteiger partial charge in [-0.1, -0.05) is 32.9 Å². The zero-order valence-corrected chi connectivity index (χ0v) is 18.9. The summed E-state index contributed by atoms with van der Waals surface area (Å²) >= 11 is 0. The second kappa shape index (κ2) is 7.15. The maximum absolute atomic E-state index is 6.43. The molecule has 0 radical (unpaired) electrons. The van der Waals surface area contributed by atoms with E-state index >= 15 is 0 Å². The summed E-state index contributed by atoms with van der Waals surface area (Å²) in [6.07, 6.45) is -0.577. The Kier molecular flexibility index (Phi) is 5.51. The predicted molar refractivity (Wildman–Crippen MR) is 108 cm³/mol. The summed E-state index contributed by atoms with van der Waals surface area (Å²) in [4.78, 5) is 0. The Bertz CT molecular complexity index is 650. The third-order valence-corrected chi connectivity index (χ3v) is 10.5. The molecule has 2 aliphatic heterocycles. The van der Waals surface area contributed by atoms with E-state index in [0.717, 1.165) is 11.3 Å². The van der Waals surface area contributed by atoms with E-state index in [1.165, 1.54) is 0 Å². The van der Waals surface area contributed by atoms with Crippen molar-refractivity contribution in [3.05, 3.63) is 29.8 Å². The fourth-order valence-electron chi connectivity index (χ4n) is 3.38. The third kappa shape index (κ3) is 4.25. The smallest absolute Gasteiger partial charge is 0.192 e. The average molecular weight is 395 g/mol. The molecule has 27 heavy (non-hydrogen) atoms. The second-order valence-corrected chi connectivity index (χ2v) is 14.3. The Morgan fingerprint density at radius 1 is 1.04 bits per heavy atom. The molecule has 2 fully saturated rings. The predicted octanol–water partition coefficient (Wildman–Crippen LogP) is 4.68. The standard InChI is InChI=1S/C21H34O5Si/c1-20(2,3)27(7,8)23-13-16-18-19(26-21(4,5)25-18)17(24-16)14-9-11-15(22-6)12-10-14/h9-12,16-19H,13H2,1-8H3/t16-,17+,18-,19+/m1/s1. The second-order valence-electron chi connectivity index (χ2n) is 9.50. The largest absolute Gasteiger partial charge is 0.497 e. The minimum atomic E-state index is -1.86. The molecule has 2 heterocycles. The van der Waals surface area contributed by atoms with Crippen molar-refractivity contribution in [3.63, 3.8) is 0 Å². The van der Waals surface area contributed by atoms with Crippen molar-refractivity contribution in [2.75, 3.05) is 13.7 Å². The van der Waals surface area contributed by atoms with Crippen LogP contribution in [-0.2, 0) is 18.6 Å². The van der Waals surface area contributed by atoms with Crippen LogP contribution in [0.3, 0.4) is 0 Å². The molecule has 0 amide bonds. The molecule has 4 atom stereocenters. The van der Waals surface area contributed by atoms with Crippen molar-refractivity contribution in [1.82, 2.24) is 0 Å². The van der Waals surface area contributed by atoms with Crippen LogP contribution in [0, 0.1) is 0 Å². The van der Waals surface area contributed by atoms with Gasteiger partial charge in [0.25, 0.3) is 0 Å². The van der Waals surface area contributed by atoms with Crippen LogP contribution in [0.1, 0.15) is 46.3 Å². The van der Waals surface area contributed by atoms with Crippen LogP contribution in [0.2, 0.25) is 18.1 Å². The summed E-state index contributed by atoms with van der Waals surface area (Å²) in [6, 6.07) is 7.97. The molecule has 2 saturated heterocycles. The van der Waals surface area contributed by atoms with Crippen LogP contribution < -0.4 is 4.74 Å². The molecular weight excluding hydrogens is 360 g/mol. The Labute approximate surface area is 164 Å². The Morgan fingerprint density at radius 2 is 1.63 bits per heavy atom. The zero-order chi connectivity index (χ0) is 20.0. The minimum absolute atomic E-state index is 0.128. The highest BCUT2D eigenvalue weighted by Gasteiger charge is 2.56. The molecule has 3 rings (SSSR count). The van der Waals surface area contributed by atoms with Crippen molar-refractivity contribution in [3.8, 4) is 5.75 Å². The van der Waals surface area contributed by atoms with E-state index in [4.69, 9.17) is 23.4 Å². The van der Waals surface area contributed by atoms with Crippen molar-refractivity contribution < 1.29 is 23.4 Å². The number of rotatable bonds is 5. The number of methoxy groups -OCH3 is 1. The number of hydrogen-bond donors (Lipinski definition) is 0. The average Bonchev–Trinajstić information content (AvgIpc) is 3.05.